The van der Waals surface area contributed by atoms with Crippen LogP contribution in [0.1, 0.15) is 39.5 Å². The summed E-state index contributed by atoms with van der Waals surface area (Å²) < 4.78 is 15.7. The van der Waals surface area contributed by atoms with E-state index in [2.05, 4.69) is 24.2 Å². The maximum atomic E-state index is 14.9. The summed E-state index contributed by atoms with van der Waals surface area (Å²) >= 11 is 0. The van der Waals surface area contributed by atoms with Crippen LogP contribution in [0.3, 0.4) is 0 Å². The Morgan fingerprint density at radius 3 is 2.87 bits per heavy atom. The van der Waals surface area contributed by atoms with Crippen molar-refractivity contribution in [3.8, 4) is 0 Å². The lowest BCUT2D eigenvalue weighted by molar-refractivity contribution is -0.117. The van der Waals surface area contributed by atoms with Crippen molar-refractivity contribution in [2.24, 2.45) is 0 Å². The van der Waals surface area contributed by atoms with Gasteiger partial charge in [-0.25, -0.2) is 5.01 Å². The van der Waals surface area contributed by atoms with Crippen LogP contribution in [0.25, 0.3) is 0 Å². The zero-order chi connectivity index (χ0) is 17.0. The highest BCUT2D eigenvalue weighted by Crippen LogP contribution is 2.70. The number of carbonyl (C=O) groups is 1. The van der Waals surface area contributed by atoms with Crippen molar-refractivity contribution in [1.82, 2.24) is 19.9 Å². The van der Waals surface area contributed by atoms with Crippen LogP contribution in [0.15, 0.2) is 10.3 Å². The fourth-order valence-corrected chi connectivity index (χ4v) is 5.08. The van der Waals surface area contributed by atoms with Gasteiger partial charge in [0.1, 0.15) is 0 Å². The van der Waals surface area contributed by atoms with Gasteiger partial charge in [-0.1, -0.05) is 30.0 Å². The number of hydrogen-bond acceptors (Lipinski definition) is 4. The Hall–Kier alpha value is -0.630. The third-order valence-electron chi connectivity index (χ3n) is 4.55. The molecule has 2 heterocycles. The Morgan fingerprint density at radius 1 is 1.43 bits per heavy atom. The SMILES string of the molecule is CCCCC(C)NC(=O)C1=CS1(C)N(F)N1CCCN(C)CC1. The van der Waals surface area contributed by atoms with Crippen molar-refractivity contribution >= 4 is 16.1 Å². The molecule has 0 bridgehead atoms. The number of rotatable bonds is 7. The summed E-state index contributed by atoms with van der Waals surface area (Å²) in [5, 5.41) is 6.57. The molecule has 23 heavy (non-hydrogen) atoms. The molecule has 0 aliphatic carbocycles. The van der Waals surface area contributed by atoms with Crippen molar-refractivity contribution in [1.29, 1.82) is 0 Å². The third-order valence-corrected chi connectivity index (χ3v) is 7.04. The number of carbonyl (C=O) groups excluding carboxylic acids is 1. The minimum atomic E-state index is -1.84. The molecular formula is C16H31FN4OS. The summed E-state index contributed by atoms with van der Waals surface area (Å²) in [7, 11) is 0.223. The van der Waals surface area contributed by atoms with Gasteiger partial charge in [-0.15, -0.1) is 4.48 Å². The molecule has 5 nitrogen and oxygen atoms in total. The molecule has 1 saturated heterocycles. The van der Waals surface area contributed by atoms with Crippen molar-refractivity contribution in [3.63, 3.8) is 0 Å². The molecule has 1 amide bonds. The lowest BCUT2D eigenvalue weighted by atomic mass is 10.1. The minimum absolute atomic E-state index is 0.0966. The Bertz CT molecular complexity index is 461. The summed E-state index contributed by atoms with van der Waals surface area (Å²) in [6, 6.07) is 0.146. The molecule has 2 aliphatic heterocycles. The van der Waals surface area contributed by atoms with E-state index in [4.69, 9.17) is 0 Å². The smallest absolute Gasteiger partial charge is 0.258 e. The van der Waals surface area contributed by atoms with Gasteiger partial charge in [-0.05, 0) is 49.7 Å². The average Bonchev–Trinajstić information content (AvgIpc) is 3.25. The normalized spacial score (nSPS) is 30.3. The van der Waals surface area contributed by atoms with Gasteiger partial charge in [0.15, 0.2) is 0 Å². The summed E-state index contributed by atoms with van der Waals surface area (Å²) in [5.41, 5.74) is 0. The van der Waals surface area contributed by atoms with E-state index in [0.29, 0.717) is 18.0 Å². The summed E-state index contributed by atoms with van der Waals surface area (Å²) in [6.07, 6.45) is 5.99. The predicted molar refractivity (Wildman–Crippen MR) is 95.4 cm³/mol. The molecule has 1 N–H and O–H groups in total. The van der Waals surface area contributed by atoms with E-state index in [1.54, 1.807) is 5.01 Å². The molecule has 2 aliphatic rings. The van der Waals surface area contributed by atoms with E-state index in [0.717, 1.165) is 43.4 Å². The minimum Gasteiger partial charge on any atom is -0.349 e. The largest absolute Gasteiger partial charge is 0.349 e. The van der Waals surface area contributed by atoms with E-state index in [9.17, 15) is 9.28 Å². The standard InChI is InChI=1S/C16H31FN4OS/c1-5-6-8-14(2)18-16(22)15-13-23(15,4)21(17)20-10-7-9-19(3)11-12-20/h13-14H,5-12H2,1-4H3,(H,18,22). The number of hydrazine groups is 1. The summed E-state index contributed by atoms with van der Waals surface area (Å²) in [4.78, 5) is 15.2. The lowest BCUT2D eigenvalue weighted by Crippen LogP contribution is -2.39. The second kappa shape index (κ2) is 7.96. The van der Waals surface area contributed by atoms with Gasteiger partial charge in [0.2, 0.25) is 0 Å². The number of hydrogen-bond donors (Lipinski definition) is 1. The van der Waals surface area contributed by atoms with Crippen molar-refractivity contribution < 1.29 is 9.28 Å². The molecule has 0 spiro atoms. The zero-order valence-electron chi connectivity index (χ0n) is 14.8. The maximum absolute atomic E-state index is 14.9. The van der Waals surface area contributed by atoms with E-state index in [1.165, 1.54) is 0 Å². The van der Waals surface area contributed by atoms with Crippen LogP contribution in [-0.4, -0.2) is 66.0 Å². The molecule has 0 radical (unpaired) electrons. The van der Waals surface area contributed by atoms with E-state index in [1.807, 2.05) is 18.6 Å². The average molecular weight is 347 g/mol. The monoisotopic (exact) mass is 346 g/mol. The molecule has 7 heteroatoms. The number of nitrogens with one attached hydrogen (secondary N) is 1. The Kier molecular flexibility index (Phi) is 6.48. The fourth-order valence-electron chi connectivity index (χ4n) is 2.86. The topological polar surface area (TPSA) is 38.8 Å². The highest BCUT2D eigenvalue weighted by Gasteiger charge is 2.47. The van der Waals surface area contributed by atoms with Gasteiger partial charge >= 0.3 is 0 Å². The first-order chi connectivity index (χ1) is 10.9. The van der Waals surface area contributed by atoms with Gasteiger partial charge in [-0.2, -0.15) is 0 Å². The summed E-state index contributed by atoms with van der Waals surface area (Å²) in [5.74, 6) is -0.0966. The van der Waals surface area contributed by atoms with E-state index >= 15 is 0 Å². The number of nitrogens with zero attached hydrogens (tertiary/aromatic N) is 3. The number of unbranched alkanes of at least 4 members (excludes halogenated alkanes) is 1. The van der Waals surface area contributed by atoms with E-state index in [-0.39, 0.29) is 11.9 Å². The van der Waals surface area contributed by atoms with Crippen LogP contribution in [-0.2, 0) is 4.79 Å². The maximum Gasteiger partial charge on any atom is 0.258 e. The van der Waals surface area contributed by atoms with Crippen LogP contribution in [0.4, 0.5) is 4.48 Å². The highest BCUT2D eigenvalue weighted by molar-refractivity contribution is 8.42. The first-order valence-corrected chi connectivity index (χ1v) is 10.6. The van der Waals surface area contributed by atoms with Gasteiger partial charge in [0, 0.05) is 25.7 Å². The van der Waals surface area contributed by atoms with Crippen molar-refractivity contribution in [2.75, 3.05) is 39.5 Å². The Balaban J connectivity index is 1.85. The molecule has 2 atom stereocenters. The molecular weight excluding hydrogens is 315 g/mol. The molecule has 0 saturated carbocycles. The molecule has 2 unspecified atom stereocenters. The number of halogens is 1. The molecule has 0 aromatic carbocycles. The van der Waals surface area contributed by atoms with Crippen LogP contribution in [0.5, 0.6) is 0 Å². The quantitative estimate of drug-likeness (QED) is 0.719. The Labute approximate surface area is 141 Å². The third kappa shape index (κ3) is 4.68. The molecule has 0 aromatic heterocycles. The Morgan fingerprint density at radius 2 is 2.17 bits per heavy atom. The van der Waals surface area contributed by atoms with Crippen LogP contribution >= 0.6 is 10.2 Å². The van der Waals surface area contributed by atoms with Crippen LogP contribution in [0, 0.1) is 0 Å². The molecule has 1 fully saturated rings. The van der Waals surface area contributed by atoms with Crippen molar-refractivity contribution in [3.05, 3.63) is 10.3 Å². The molecule has 0 aromatic rings. The van der Waals surface area contributed by atoms with Gasteiger partial charge in [0.25, 0.3) is 5.91 Å². The fraction of sp³-hybridized carbons (Fsp3) is 0.812. The van der Waals surface area contributed by atoms with Gasteiger partial charge < -0.3 is 10.2 Å². The molecule has 134 valence electrons. The van der Waals surface area contributed by atoms with Crippen LogP contribution < -0.4 is 5.32 Å². The van der Waals surface area contributed by atoms with Crippen molar-refractivity contribution in [2.45, 2.75) is 45.6 Å². The van der Waals surface area contributed by atoms with Crippen LogP contribution in [0.2, 0.25) is 0 Å². The molecule has 2 rings (SSSR count). The highest BCUT2D eigenvalue weighted by atomic mass is 32.3. The second-order valence-corrected chi connectivity index (χ2v) is 9.62. The van der Waals surface area contributed by atoms with E-state index < -0.39 is 10.2 Å². The van der Waals surface area contributed by atoms with Gasteiger partial charge in [0.05, 0.1) is 4.91 Å². The van der Waals surface area contributed by atoms with Gasteiger partial charge in [-0.3, -0.25) is 4.79 Å². The second-order valence-electron chi connectivity index (χ2n) is 6.77. The first-order valence-electron chi connectivity index (χ1n) is 8.59. The lowest BCUT2D eigenvalue weighted by Gasteiger charge is -2.34. The summed E-state index contributed by atoms with van der Waals surface area (Å²) in [6.45, 7) is 7.38. The first kappa shape index (κ1) is 18.7. The number of amides is 1. The number of likely N-dealkylation sites (N-methyl/N-ethyl adjacent to an activating group) is 1. The predicted octanol–water partition coefficient (Wildman–Crippen LogP) is 2.62. The zero-order valence-corrected chi connectivity index (χ0v) is 15.7.